The van der Waals surface area contributed by atoms with E-state index in [1.807, 2.05) is 11.6 Å². The summed E-state index contributed by atoms with van der Waals surface area (Å²) in [6.45, 7) is 4.59. The van der Waals surface area contributed by atoms with Gasteiger partial charge in [-0.1, -0.05) is 0 Å². The largest absolute Gasteiger partial charge is 0.353 e. The predicted molar refractivity (Wildman–Crippen MR) is 102 cm³/mol. The molecule has 0 aromatic carbocycles. The molecular formula is C17H26ClN5O2S. The van der Waals surface area contributed by atoms with E-state index in [-0.39, 0.29) is 30.8 Å². The second-order valence-corrected chi connectivity index (χ2v) is 8.31. The Labute approximate surface area is 163 Å². The van der Waals surface area contributed by atoms with Crippen LogP contribution in [0.3, 0.4) is 0 Å². The van der Waals surface area contributed by atoms with Crippen molar-refractivity contribution in [2.24, 2.45) is 5.41 Å². The van der Waals surface area contributed by atoms with E-state index < -0.39 is 0 Å². The zero-order valence-electron chi connectivity index (χ0n) is 14.8. The minimum atomic E-state index is -0.0627. The molecule has 1 unspecified atom stereocenters. The van der Waals surface area contributed by atoms with Crippen molar-refractivity contribution in [1.29, 1.82) is 0 Å². The third-order valence-corrected chi connectivity index (χ3v) is 6.50. The van der Waals surface area contributed by atoms with Gasteiger partial charge in [-0.15, -0.1) is 23.7 Å². The number of halogens is 1. The molecule has 3 fully saturated rings. The number of piperazine rings is 1. The summed E-state index contributed by atoms with van der Waals surface area (Å²) in [7, 11) is 0. The first-order valence-corrected chi connectivity index (χ1v) is 9.92. The van der Waals surface area contributed by atoms with E-state index in [9.17, 15) is 9.59 Å². The van der Waals surface area contributed by atoms with Crippen molar-refractivity contribution in [3.63, 3.8) is 0 Å². The van der Waals surface area contributed by atoms with E-state index in [1.165, 1.54) is 19.3 Å². The highest BCUT2D eigenvalue weighted by Gasteiger charge is 2.56. The molecule has 1 spiro atoms. The van der Waals surface area contributed by atoms with Crippen LogP contribution in [0.1, 0.15) is 24.3 Å². The second-order valence-electron chi connectivity index (χ2n) is 7.33. The highest BCUT2D eigenvalue weighted by molar-refractivity contribution is 7.09. The van der Waals surface area contributed by atoms with Gasteiger partial charge in [0.05, 0.1) is 19.6 Å². The maximum Gasteiger partial charge on any atom is 0.239 e. The zero-order chi connectivity index (χ0) is 17.3. The van der Waals surface area contributed by atoms with Crippen LogP contribution in [0.5, 0.6) is 0 Å². The first-order chi connectivity index (χ1) is 12.2. The van der Waals surface area contributed by atoms with E-state index in [1.54, 1.807) is 16.2 Å². The van der Waals surface area contributed by atoms with Crippen molar-refractivity contribution in [3.8, 4) is 0 Å². The van der Waals surface area contributed by atoms with E-state index in [2.05, 4.69) is 20.5 Å². The van der Waals surface area contributed by atoms with Crippen molar-refractivity contribution >= 4 is 35.6 Å². The third kappa shape index (κ3) is 4.19. The molecule has 0 bridgehead atoms. The average Bonchev–Trinajstić information content (AvgIpc) is 3.05. The van der Waals surface area contributed by atoms with Crippen molar-refractivity contribution in [2.75, 3.05) is 39.3 Å². The molecule has 144 valence electrons. The van der Waals surface area contributed by atoms with Crippen LogP contribution in [0.25, 0.3) is 0 Å². The number of carbonyl (C=O) groups is 2. The Morgan fingerprint density at radius 1 is 1.38 bits per heavy atom. The normalized spacial score (nSPS) is 24.3. The van der Waals surface area contributed by atoms with Crippen molar-refractivity contribution in [3.05, 3.63) is 16.6 Å². The summed E-state index contributed by atoms with van der Waals surface area (Å²) in [5.74, 6) is -0.00490. The topological polar surface area (TPSA) is 77.6 Å². The second kappa shape index (κ2) is 8.21. The van der Waals surface area contributed by atoms with Crippen LogP contribution in [0.2, 0.25) is 0 Å². The van der Waals surface area contributed by atoms with Crippen molar-refractivity contribution in [1.82, 2.24) is 25.4 Å². The smallest absolute Gasteiger partial charge is 0.239 e. The summed E-state index contributed by atoms with van der Waals surface area (Å²) in [4.78, 5) is 32.7. The molecule has 3 aliphatic rings. The molecule has 9 heteroatoms. The molecule has 2 N–H and O–H groups in total. The van der Waals surface area contributed by atoms with Gasteiger partial charge >= 0.3 is 0 Å². The number of rotatable bonds is 5. The monoisotopic (exact) mass is 399 g/mol. The van der Waals surface area contributed by atoms with Gasteiger partial charge in [-0.2, -0.15) is 0 Å². The third-order valence-electron chi connectivity index (χ3n) is 5.74. The van der Waals surface area contributed by atoms with Gasteiger partial charge in [-0.25, -0.2) is 4.98 Å². The molecule has 1 saturated carbocycles. The first kappa shape index (κ1) is 19.5. The van der Waals surface area contributed by atoms with E-state index >= 15 is 0 Å². The van der Waals surface area contributed by atoms with Crippen molar-refractivity contribution < 1.29 is 9.59 Å². The van der Waals surface area contributed by atoms with Crippen LogP contribution in [0, 0.1) is 5.41 Å². The first-order valence-electron chi connectivity index (χ1n) is 9.04. The molecule has 1 atom stereocenters. The van der Waals surface area contributed by atoms with Crippen LogP contribution < -0.4 is 10.6 Å². The fraction of sp³-hybridized carbons (Fsp3) is 0.706. The molecule has 2 saturated heterocycles. The Kier molecular flexibility index (Phi) is 6.17. The van der Waals surface area contributed by atoms with Gasteiger partial charge in [-0.05, 0) is 37.8 Å². The average molecular weight is 400 g/mol. The lowest BCUT2D eigenvalue weighted by Gasteiger charge is -2.32. The van der Waals surface area contributed by atoms with Crippen LogP contribution in [0.15, 0.2) is 11.6 Å². The Hall–Kier alpha value is -1.22. The van der Waals surface area contributed by atoms with E-state index in [4.69, 9.17) is 0 Å². The number of thiazole rings is 1. The molecule has 26 heavy (non-hydrogen) atoms. The number of aromatic nitrogens is 1. The standard InChI is InChI=1S/C17H25N5O2S.ClH/c23-14-10-21(7-5-19-14)16(24)12-22(11-15-20-6-8-25-15)13-9-17(13)1-3-18-4-2-17;/h6,8,13,18H,1-5,7,9-12H2,(H,19,23);1H. The van der Waals surface area contributed by atoms with Gasteiger partial charge in [-0.3, -0.25) is 14.5 Å². The molecule has 2 aliphatic heterocycles. The minimum absolute atomic E-state index is 0. The lowest BCUT2D eigenvalue weighted by molar-refractivity contribution is -0.139. The fourth-order valence-corrected chi connectivity index (χ4v) is 4.85. The van der Waals surface area contributed by atoms with Gasteiger partial charge in [0.2, 0.25) is 11.8 Å². The number of piperidine rings is 1. The predicted octanol–water partition coefficient (Wildman–Crippen LogP) is 0.467. The van der Waals surface area contributed by atoms with E-state index in [0.717, 1.165) is 24.6 Å². The summed E-state index contributed by atoms with van der Waals surface area (Å²) >= 11 is 1.64. The van der Waals surface area contributed by atoms with Gasteiger partial charge in [0.25, 0.3) is 0 Å². The Bertz CT molecular complexity index is 635. The summed E-state index contributed by atoms with van der Waals surface area (Å²) in [5.41, 5.74) is 0.377. The maximum absolute atomic E-state index is 12.8. The summed E-state index contributed by atoms with van der Waals surface area (Å²) in [5, 5.41) is 9.25. The van der Waals surface area contributed by atoms with Gasteiger partial charge in [0, 0.05) is 30.7 Å². The molecule has 7 nitrogen and oxygen atoms in total. The lowest BCUT2D eigenvalue weighted by Crippen LogP contribution is -2.52. The Morgan fingerprint density at radius 3 is 2.88 bits per heavy atom. The number of hydrogen-bond acceptors (Lipinski definition) is 6. The SMILES string of the molecule is Cl.O=C1CN(C(=O)CN(Cc2nccs2)C2CC23CCNCC3)CCN1. The fourth-order valence-electron chi connectivity index (χ4n) is 4.21. The van der Waals surface area contributed by atoms with Crippen LogP contribution in [-0.4, -0.2) is 71.9 Å². The summed E-state index contributed by atoms with van der Waals surface area (Å²) < 4.78 is 0. The maximum atomic E-state index is 12.8. The van der Waals surface area contributed by atoms with Gasteiger partial charge < -0.3 is 15.5 Å². The number of amides is 2. The molecule has 1 aromatic rings. The van der Waals surface area contributed by atoms with Crippen molar-refractivity contribution in [2.45, 2.75) is 31.8 Å². The Morgan fingerprint density at radius 2 is 2.19 bits per heavy atom. The summed E-state index contributed by atoms with van der Waals surface area (Å²) in [6.07, 6.45) is 5.37. The quantitative estimate of drug-likeness (QED) is 0.752. The zero-order valence-corrected chi connectivity index (χ0v) is 16.4. The van der Waals surface area contributed by atoms with Crippen LogP contribution >= 0.6 is 23.7 Å². The number of carbonyl (C=O) groups excluding carboxylic acids is 2. The highest BCUT2D eigenvalue weighted by Crippen LogP contribution is 2.56. The van der Waals surface area contributed by atoms with Gasteiger partial charge in [0.15, 0.2) is 0 Å². The highest BCUT2D eigenvalue weighted by atomic mass is 35.5. The minimum Gasteiger partial charge on any atom is -0.353 e. The Balaban J connectivity index is 0.00000196. The molecule has 4 rings (SSSR count). The number of nitrogens with zero attached hydrogens (tertiary/aromatic N) is 3. The van der Waals surface area contributed by atoms with E-state index in [0.29, 0.717) is 31.1 Å². The number of nitrogens with one attached hydrogen (secondary N) is 2. The molecule has 2 amide bonds. The summed E-state index contributed by atoms with van der Waals surface area (Å²) in [6, 6.07) is 0.459. The van der Waals surface area contributed by atoms with Crippen LogP contribution in [0.4, 0.5) is 0 Å². The molecule has 0 radical (unpaired) electrons. The molecule has 1 aromatic heterocycles. The molecule has 1 aliphatic carbocycles. The molecular weight excluding hydrogens is 374 g/mol. The molecule has 3 heterocycles. The lowest BCUT2D eigenvalue weighted by atomic mass is 9.93. The van der Waals surface area contributed by atoms with Gasteiger partial charge in [0.1, 0.15) is 5.01 Å². The van der Waals surface area contributed by atoms with Crippen LogP contribution in [-0.2, 0) is 16.1 Å². The number of hydrogen-bond donors (Lipinski definition) is 2.